The standard InChI is InChI=1S/C12H10N6OS/c1-8-15-16-12(20-8)14-11(19)10-7-13-18(17-10)9-5-3-2-4-6-9/h2-7H,1H3,(H,14,16,19). The van der Waals surface area contributed by atoms with Crippen molar-refractivity contribution < 1.29 is 4.79 Å². The van der Waals surface area contributed by atoms with Crippen molar-refractivity contribution in [2.45, 2.75) is 6.92 Å². The van der Waals surface area contributed by atoms with Gasteiger partial charge in [-0.25, -0.2) is 0 Å². The van der Waals surface area contributed by atoms with Gasteiger partial charge >= 0.3 is 0 Å². The third kappa shape index (κ3) is 2.54. The van der Waals surface area contributed by atoms with Crippen molar-refractivity contribution in [2.24, 2.45) is 0 Å². The molecule has 2 aromatic heterocycles. The number of nitrogens with one attached hydrogen (secondary N) is 1. The highest BCUT2D eigenvalue weighted by Crippen LogP contribution is 2.14. The lowest BCUT2D eigenvalue weighted by molar-refractivity contribution is 0.102. The van der Waals surface area contributed by atoms with E-state index in [1.165, 1.54) is 22.3 Å². The van der Waals surface area contributed by atoms with Crippen LogP contribution >= 0.6 is 11.3 Å². The molecule has 0 fully saturated rings. The maximum Gasteiger partial charge on any atom is 0.279 e. The second kappa shape index (κ2) is 5.17. The van der Waals surface area contributed by atoms with Gasteiger partial charge in [-0.05, 0) is 19.1 Å². The number of para-hydroxylation sites is 1. The highest BCUT2D eigenvalue weighted by molar-refractivity contribution is 7.15. The first-order valence-electron chi connectivity index (χ1n) is 5.81. The summed E-state index contributed by atoms with van der Waals surface area (Å²) in [5.74, 6) is -0.358. The fourth-order valence-corrected chi connectivity index (χ4v) is 2.15. The second-order valence-corrected chi connectivity index (χ2v) is 5.12. The van der Waals surface area contributed by atoms with E-state index in [9.17, 15) is 4.79 Å². The van der Waals surface area contributed by atoms with Crippen molar-refractivity contribution in [1.29, 1.82) is 0 Å². The molecule has 0 aliphatic rings. The third-order valence-corrected chi connectivity index (χ3v) is 3.21. The van der Waals surface area contributed by atoms with Crippen LogP contribution in [0.5, 0.6) is 0 Å². The Morgan fingerprint density at radius 3 is 2.75 bits per heavy atom. The third-order valence-electron chi connectivity index (χ3n) is 2.46. The van der Waals surface area contributed by atoms with Crippen molar-refractivity contribution in [3.05, 3.63) is 47.2 Å². The summed E-state index contributed by atoms with van der Waals surface area (Å²) in [5, 5.41) is 19.7. The van der Waals surface area contributed by atoms with E-state index >= 15 is 0 Å². The molecule has 3 aromatic rings. The Bertz CT molecular complexity index is 735. The van der Waals surface area contributed by atoms with Gasteiger partial charge in [0, 0.05) is 0 Å². The zero-order valence-corrected chi connectivity index (χ0v) is 11.3. The number of aryl methyl sites for hydroxylation is 1. The predicted molar refractivity (Wildman–Crippen MR) is 74.0 cm³/mol. The molecule has 1 aromatic carbocycles. The highest BCUT2D eigenvalue weighted by Gasteiger charge is 2.13. The molecule has 1 N–H and O–H groups in total. The molecule has 0 unspecified atom stereocenters. The maximum absolute atomic E-state index is 12.0. The van der Waals surface area contributed by atoms with Crippen molar-refractivity contribution >= 4 is 22.4 Å². The zero-order valence-electron chi connectivity index (χ0n) is 10.5. The Kier molecular flexibility index (Phi) is 3.21. The molecular weight excluding hydrogens is 276 g/mol. The number of hydrogen-bond donors (Lipinski definition) is 1. The maximum atomic E-state index is 12.0. The molecule has 0 bridgehead atoms. The van der Waals surface area contributed by atoms with Gasteiger partial charge in [0.05, 0.1) is 11.9 Å². The summed E-state index contributed by atoms with van der Waals surface area (Å²) < 4.78 is 0. The predicted octanol–water partition coefficient (Wildman–Crippen LogP) is 1.68. The van der Waals surface area contributed by atoms with Gasteiger partial charge in [0.15, 0.2) is 5.69 Å². The lowest BCUT2D eigenvalue weighted by atomic mass is 10.3. The number of amides is 1. The smallest absolute Gasteiger partial charge is 0.279 e. The van der Waals surface area contributed by atoms with Crippen LogP contribution in [0, 0.1) is 6.92 Å². The summed E-state index contributed by atoms with van der Waals surface area (Å²) >= 11 is 1.30. The highest BCUT2D eigenvalue weighted by atomic mass is 32.1. The molecule has 0 radical (unpaired) electrons. The number of hydrogen-bond acceptors (Lipinski definition) is 6. The van der Waals surface area contributed by atoms with Gasteiger partial charge in [-0.15, -0.1) is 15.3 Å². The van der Waals surface area contributed by atoms with E-state index in [2.05, 4.69) is 25.7 Å². The molecule has 0 spiro atoms. The lowest BCUT2D eigenvalue weighted by Gasteiger charge is -1.98. The number of carbonyl (C=O) groups excluding carboxylic acids is 1. The molecule has 100 valence electrons. The minimum Gasteiger partial charge on any atom is -0.295 e. The largest absolute Gasteiger partial charge is 0.295 e. The first-order valence-corrected chi connectivity index (χ1v) is 6.63. The Hall–Kier alpha value is -2.61. The molecule has 0 atom stereocenters. The summed E-state index contributed by atoms with van der Waals surface area (Å²) in [5.41, 5.74) is 1.01. The second-order valence-electron chi connectivity index (χ2n) is 3.94. The molecule has 1 amide bonds. The molecule has 2 heterocycles. The zero-order chi connectivity index (χ0) is 13.9. The first-order chi connectivity index (χ1) is 9.72. The van der Waals surface area contributed by atoms with E-state index in [4.69, 9.17) is 0 Å². The summed E-state index contributed by atoms with van der Waals surface area (Å²) in [6, 6.07) is 9.37. The number of rotatable bonds is 3. The van der Waals surface area contributed by atoms with Crippen molar-refractivity contribution in [3.8, 4) is 5.69 Å². The van der Waals surface area contributed by atoms with Gasteiger partial charge < -0.3 is 0 Å². The Morgan fingerprint density at radius 2 is 2.05 bits per heavy atom. The van der Waals surface area contributed by atoms with Gasteiger partial charge in [0.1, 0.15) is 5.01 Å². The Morgan fingerprint density at radius 1 is 1.25 bits per heavy atom. The molecular formula is C12H10N6OS. The van der Waals surface area contributed by atoms with Crippen LogP contribution in [0.2, 0.25) is 0 Å². The minimum absolute atomic E-state index is 0.224. The average Bonchev–Trinajstić information content (AvgIpc) is 3.09. The number of carbonyl (C=O) groups is 1. The molecule has 0 saturated carbocycles. The van der Waals surface area contributed by atoms with Crippen molar-refractivity contribution in [2.75, 3.05) is 5.32 Å². The van der Waals surface area contributed by atoms with Gasteiger partial charge in [0.2, 0.25) is 5.13 Å². The van der Waals surface area contributed by atoms with Crippen LogP contribution in [0.4, 0.5) is 5.13 Å². The molecule has 0 aliphatic carbocycles. The topological polar surface area (TPSA) is 85.6 Å². The van der Waals surface area contributed by atoms with E-state index in [0.29, 0.717) is 5.13 Å². The van der Waals surface area contributed by atoms with Crippen molar-refractivity contribution in [1.82, 2.24) is 25.2 Å². The molecule has 0 saturated heterocycles. The molecule has 3 rings (SSSR count). The van der Waals surface area contributed by atoms with Gasteiger partial charge in [-0.3, -0.25) is 10.1 Å². The van der Waals surface area contributed by atoms with E-state index in [0.717, 1.165) is 10.7 Å². The van der Waals surface area contributed by atoms with E-state index in [1.54, 1.807) is 0 Å². The van der Waals surface area contributed by atoms with Crippen LogP contribution in [0.3, 0.4) is 0 Å². The fraction of sp³-hybridized carbons (Fsp3) is 0.0833. The van der Waals surface area contributed by atoms with Crippen LogP contribution in [-0.4, -0.2) is 31.1 Å². The monoisotopic (exact) mass is 286 g/mol. The summed E-state index contributed by atoms with van der Waals surface area (Å²) in [6.07, 6.45) is 1.41. The fourth-order valence-electron chi connectivity index (χ4n) is 1.56. The Balaban J connectivity index is 1.78. The molecule has 8 heteroatoms. The summed E-state index contributed by atoms with van der Waals surface area (Å²) in [7, 11) is 0. The number of nitrogens with zero attached hydrogens (tertiary/aromatic N) is 5. The molecule has 0 aliphatic heterocycles. The minimum atomic E-state index is -0.358. The lowest BCUT2D eigenvalue weighted by Crippen LogP contribution is -2.13. The van der Waals surface area contributed by atoms with E-state index in [1.807, 2.05) is 37.3 Å². The van der Waals surface area contributed by atoms with Crippen LogP contribution in [-0.2, 0) is 0 Å². The quantitative estimate of drug-likeness (QED) is 0.791. The van der Waals surface area contributed by atoms with Gasteiger partial charge in [0.25, 0.3) is 5.91 Å². The van der Waals surface area contributed by atoms with E-state index < -0.39 is 0 Å². The Labute approximate surface area is 118 Å². The summed E-state index contributed by atoms with van der Waals surface area (Å²) in [4.78, 5) is 13.4. The number of benzene rings is 1. The van der Waals surface area contributed by atoms with Gasteiger partial charge in [-0.2, -0.15) is 9.90 Å². The van der Waals surface area contributed by atoms with Crippen LogP contribution in [0.15, 0.2) is 36.5 Å². The molecule has 20 heavy (non-hydrogen) atoms. The average molecular weight is 286 g/mol. The van der Waals surface area contributed by atoms with Crippen molar-refractivity contribution in [3.63, 3.8) is 0 Å². The van der Waals surface area contributed by atoms with Crippen LogP contribution in [0.1, 0.15) is 15.5 Å². The first kappa shape index (κ1) is 12.4. The SMILES string of the molecule is Cc1nnc(NC(=O)c2cnn(-c3ccccc3)n2)s1. The van der Waals surface area contributed by atoms with Crippen LogP contribution < -0.4 is 5.32 Å². The number of aromatic nitrogens is 5. The van der Waals surface area contributed by atoms with Crippen LogP contribution in [0.25, 0.3) is 5.69 Å². The molecule has 7 nitrogen and oxygen atoms in total. The number of anilines is 1. The van der Waals surface area contributed by atoms with E-state index in [-0.39, 0.29) is 11.6 Å². The normalized spacial score (nSPS) is 10.4. The van der Waals surface area contributed by atoms with Gasteiger partial charge in [-0.1, -0.05) is 29.5 Å². The summed E-state index contributed by atoms with van der Waals surface area (Å²) in [6.45, 7) is 1.82.